The molecule has 2 aromatic rings. The third-order valence-electron chi connectivity index (χ3n) is 3.90. The van der Waals surface area contributed by atoms with E-state index >= 15 is 0 Å². The van der Waals surface area contributed by atoms with E-state index in [0.29, 0.717) is 18.5 Å². The molecule has 0 saturated carbocycles. The van der Waals surface area contributed by atoms with Crippen LogP contribution in [-0.4, -0.2) is 29.8 Å². The summed E-state index contributed by atoms with van der Waals surface area (Å²) in [5.41, 5.74) is 2.50. The van der Waals surface area contributed by atoms with E-state index in [1.54, 1.807) is 0 Å². The molecular weight excluding hydrogens is 252 g/mol. The Hall–Kier alpha value is -2.04. The van der Waals surface area contributed by atoms with E-state index in [0.717, 1.165) is 18.8 Å². The maximum absolute atomic E-state index is 5.08. The maximum atomic E-state index is 5.08. The molecule has 1 unspecified atom stereocenters. The van der Waals surface area contributed by atoms with Crippen LogP contribution >= 0.6 is 0 Å². The van der Waals surface area contributed by atoms with Crippen LogP contribution in [0, 0.1) is 6.92 Å². The highest BCUT2D eigenvalue weighted by Crippen LogP contribution is 2.34. The fourth-order valence-corrected chi connectivity index (χ4v) is 2.72. The molecule has 1 aliphatic heterocycles. The molecule has 0 radical (unpaired) electrons. The highest BCUT2D eigenvalue weighted by molar-refractivity contribution is 5.72. The number of aryl methyl sites for hydroxylation is 1. The number of benzene rings is 1. The van der Waals surface area contributed by atoms with Gasteiger partial charge in [0.1, 0.15) is 0 Å². The summed E-state index contributed by atoms with van der Waals surface area (Å²) in [6, 6.07) is 8.95. The Morgan fingerprint density at radius 3 is 2.75 bits per heavy atom. The molecule has 20 heavy (non-hydrogen) atoms. The lowest BCUT2D eigenvalue weighted by molar-refractivity contribution is 0.386. The number of para-hydroxylation sites is 2. The molecule has 1 aliphatic rings. The van der Waals surface area contributed by atoms with Gasteiger partial charge in [0, 0.05) is 26.6 Å². The van der Waals surface area contributed by atoms with Gasteiger partial charge in [0.05, 0.1) is 17.9 Å². The van der Waals surface area contributed by atoms with Crippen molar-refractivity contribution in [3.05, 3.63) is 36.0 Å². The Balaban J connectivity index is 1.96. The van der Waals surface area contributed by atoms with Crippen molar-refractivity contribution in [1.29, 1.82) is 0 Å². The number of hydrogen-bond donors (Lipinski definition) is 0. The van der Waals surface area contributed by atoms with Crippen LogP contribution in [0.15, 0.2) is 28.8 Å². The zero-order valence-electron chi connectivity index (χ0n) is 12.2. The van der Waals surface area contributed by atoms with E-state index in [9.17, 15) is 0 Å². The van der Waals surface area contributed by atoms with Crippen LogP contribution < -0.4 is 9.80 Å². The van der Waals surface area contributed by atoms with Gasteiger partial charge in [-0.25, -0.2) is 0 Å². The molecule has 0 spiro atoms. The Kier molecular flexibility index (Phi) is 3.34. The molecule has 5 heteroatoms. The van der Waals surface area contributed by atoms with Crippen LogP contribution in [-0.2, 0) is 6.54 Å². The average molecular weight is 272 g/mol. The number of nitrogens with zero attached hydrogens (tertiary/aromatic N) is 4. The van der Waals surface area contributed by atoms with E-state index in [1.165, 1.54) is 11.4 Å². The standard InChI is InChI=1S/C15H20N4O/c1-11-8-9-18(3)13-6-4-5-7-14(13)19(11)10-15-16-12(2)20-17-15/h4-7,11H,8-10H2,1-3H3. The molecule has 3 rings (SSSR count). The first-order valence-electron chi connectivity index (χ1n) is 7.01. The van der Waals surface area contributed by atoms with Crippen LogP contribution in [0.3, 0.4) is 0 Å². The van der Waals surface area contributed by atoms with Crippen molar-refractivity contribution in [2.24, 2.45) is 0 Å². The molecule has 0 amide bonds. The summed E-state index contributed by atoms with van der Waals surface area (Å²) in [6.45, 7) is 5.82. The number of hydrogen-bond acceptors (Lipinski definition) is 5. The predicted octanol–water partition coefficient (Wildman–Crippen LogP) is 2.61. The summed E-state index contributed by atoms with van der Waals surface area (Å²) in [4.78, 5) is 9.01. The predicted molar refractivity (Wildman–Crippen MR) is 79.0 cm³/mol. The normalized spacial score (nSPS) is 18.9. The third-order valence-corrected chi connectivity index (χ3v) is 3.90. The highest BCUT2D eigenvalue weighted by atomic mass is 16.5. The molecule has 5 nitrogen and oxygen atoms in total. The van der Waals surface area contributed by atoms with Crippen LogP contribution in [0.25, 0.3) is 0 Å². The second kappa shape index (κ2) is 5.15. The number of rotatable bonds is 2. The van der Waals surface area contributed by atoms with Crippen molar-refractivity contribution in [3.8, 4) is 0 Å². The fourth-order valence-electron chi connectivity index (χ4n) is 2.72. The number of fused-ring (bicyclic) bond motifs is 1. The topological polar surface area (TPSA) is 45.4 Å². The molecule has 0 saturated heterocycles. The lowest BCUT2D eigenvalue weighted by atomic mass is 10.2. The van der Waals surface area contributed by atoms with E-state index < -0.39 is 0 Å². The minimum atomic E-state index is 0.444. The maximum Gasteiger partial charge on any atom is 0.223 e. The highest BCUT2D eigenvalue weighted by Gasteiger charge is 2.24. The van der Waals surface area contributed by atoms with Crippen molar-refractivity contribution in [2.45, 2.75) is 32.9 Å². The molecule has 1 aromatic carbocycles. The van der Waals surface area contributed by atoms with Gasteiger partial charge in [-0.15, -0.1) is 0 Å². The summed E-state index contributed by atoms with van der Waals surface area (Å²) in [5.74, 6) is 1.36. The lowest BCUT2D eigenvalue weighted by Crippen LogP contribution is -2.32. The first-order chi connectivity index (χ1) is 9.65. The van der Waals surface area contributed by atoms with Gasteiger partial charge in [-0.3, -0.25) is 0 Å². The average Bonchev–Trinajstić information content (AvgIpc) is 2.82. The molecule has 0 fully saturated rings. The van der Waals surface area contributed by atoms with Gasteiger partial charge in [-0.1, -0.05) is 17.3 Å². The van der Waals surface area contributed by atoms with Gasteiger partial charge in [0.2, 0.25) is 5.89 Å². The van der Waals surface area contributed by atoms with Crippen LogP contribution in [0.4, 0.5) is 11.4 Å². The van der Waals surface area contributed by atoms with Gasteiger partial charge in [0.15, 0.2) is 5.82 Å². The molecular formula is C15H20N4O. The van der Waals surface area contributed by atoms with Gasteiger partial charge in [0.25, 0.3) is 0 Å². The Morgan fingerprint density at radius 1 is 1.30 bits per heavy atom. The van der Waals surface area contributed by atoms with Gasteiger partial charge in [-0.05, 0) is 25.5 Å². The Bertz CT molecular complexity index is 595. The van der Waals surface area contributed by atoms with Crippen LogP contribution in [0.2, 0.25) is 0 Å². The molecule has 0 bridgehead atoms. The second-order valence-electron chi connectivity index (χ2n) is 5.41. The summed E-state index contributed by atoms with van der Waals surface area (Å²) >= 11 is 0. The summed E-state index contributed by atoms with van der Waals surface area (Å²) in [7, 11) is 2.15. The molecule has 2 heterocycles. The van der Waals surface area contributed by atoms with Crippen molar-refractivity contribution < 1.29 is 4.52 Å². The largest absolute Gasteiger partial charge is 0.373 e. The zero-order valence-corrected chi connectivity index (χ0v) is 12.2. The lowest BCUT2D eigenvalue weighted by Gasteiger charge is -2.29. The third kappa shape index (κ3) is 2.35. The van der Waals surface area contributed by atoms with Gasteiger partial charge < -0.3 is 14.3 Å². The molecule has 1 atom stereocenters. The first-order valence-corrected chi connectivity index (χ1v) is 7.01. The smallest absolute Gasteiger partial charge is 0.223 e. The summed E-state index contributed by atoms with van der Waals surface area (Å²) in [6.07, 6.45) is 1.11. The van der Waals surface area contributed by atoms with Crippen molar-refractivity contribution in [2.75, 3.05) is 23.4 Å². The minimum absolute atomic E-state index is 0.444. The second-order valence-corrected chi connectivity index (χ2v) is 5.41. The SMILES string of the molecule is Cc1nc(CN2c3ccccc3N(C)CCC2C)no1. The van der Waals surface area contributed by atoms with Crippen molar-refractivity contribution in [3.63, 3.8) is 0 Å². The molecule has 1 aromatic heterocycles. The van der Waals surface area contributed by atoms with Crippen molar-refractivity contribution in [1.82, 2.24) is 10.1 Å². The Labute approximate surface area is 119 Å². The van der Waals surface area contributed by atoms with Crippen LogP contribution in [0.5, 0.6) is 0 Å². The van der Waals surface area contributed by atoms with E-state index in [2.05, 4.69) is 58.2 Å². The summed E-state index contributed by atoms with van der Waals surface area (Å²) in [5, 5.41) is 4.03. The Morgan fingerprint density at radius 2 is 2.05 bits per heavy atom. The minimum Gasteiger partial charge on any atom is -0.373 e. The molecule has 0 aliphatic carbocycles. The quantitative estimate of drug-likeness (QED) is 0.841. The monoisotopic (exact) mass is 272 g/mol. The van der Waals surface area contributed by atoms with Crippen molar-refractivity contribution >= 4 is 11.4 Å². The summed E-state index contributed by atoms with van der Waals surface area (Å²) < 4.78 is 5.08. The van der Waals surface area contributed by atoms with Gasteiger partial charge >= 0.3 is 0 Å². The van der Waals surface area contributed by atoms with Gasteiger partial charge in [-0.2, -0.15) is 4.98 Å². The molecule has 0 N–H and O–H groups in total. The number of aromatic nitrogens is 2. The first kappa shape index (κ1) is 13.0. The van der Waals surface area contributed by atoms with E-state index in [1.807, 2.05) is 6.92 Å². The van der Waals surface area contributed by atoms with E-state index in [-0.39, 0.29) is 0 Å². The van der Waals surface area contributed by atoms with Crippen LogP contribution in [0.1, 0.15) is 25.1 Å². The fraction of sp³-hybridized carbons (Fsp3) is 0.467. The number of anilines is 2. The zero-order chi connectivity index (χ0) is 14.1. The molecule has 106 valence electrons. The van der Waals surface area contributed by atoms with E-state index in [4.69, 9.17) is 4.52 Å².